The first-order valence-electron chi connectivity index (χ1n) is 6.79. The Balaban J connectivity index is 2.07. The van der Waals surface area contributed by atoms with Gasteiger partial charge in [-0.1, -0.05) is 29.8 Å². The summed E-state index contributed by atoms with van der Waals surface area (Å²) in [7, 11) is 1.78. The molecule has 0 atom stereocenters. The number of fused-ring (bicyclic) bond motifs is 2. The smallest absolute Gasteiger partial charge is 0.251 e. The fourth-order valence-corrected chi connectivity index (χ4v) is 3.75. The lowest BCUT2D eigenvalue weighted by molar-refractivity contribution is 0.907. The third kappa shape index (κ3) is 2.03. The topological polar surface area (TPSA) is 34.9 Å². The monoisotopic (exact) mass is 326 g/mol. The van der Waals surface area contributed by atoms with E-state index in [2.05, 4.69) is 4.98 Å². The van der Waals surface area contributed by atoms with Crippen molar-refractivity contribution < 1.29 is 0 Å². The largest absolute Gasteiger partial charge is 0.311 e. The third-order valence-corrected chi connectivity index (χ3v) is 5.04. The van der Waals surface area contributed by atoms with Crippen molar-refractivity contribution in [1.82, 2.24) is 9.55 Å². The second kappa shape index (κ2) is 4.93. The van der Waals surface area contributed by atoms with E-state index >= 15 is 0 Å². The van der Waals surface area contributed by atoms with Gasteiger partial charge >= 0.3 is 0 Å². The maximum Gasteiger partial charge on any atom is 0.251 e. The van der Waals surface area contributed by atoms with Gasteiger partial charge in [-0.3, -0.25) is 4.79 Å². The Morgan fingerprint density at radius 3 is 2.82 bits per heavy atom. The summed E-state index contributed by atoms with van der Waals surface area (Å²) >= 11 is 7.60. The van der Waals surface area contributed by atoms with E-state index in [4.69, 9.17) is 11.6 Å². The Bertz CT molecular complexity index is 1080. The van der Waals surface area contributed by atoms with Crippen molar-refractivity contribution in [3.8, 4) is 10.6 Å². The van der Waals surface area contributed by atoms with E-state index in [0.717, 1.165) is 31.7 Å². The van der Waals surface area contributed by atoms with Crippen LogP contribution in [0.2, 0.25) is 5.02 Å². The molecule has 0 spiro atoms. The maximum atomic E-state index is 12.2. The number of pyridine rings is 1. The number of nitrogens with zero attached hydrogens (tertiary/aromatic N) is 2. The lowest BCUT2D eigenvalue weighted by Crippen LogP contribution is -2.16. The molecule has 0 amide bonds. The number of benzene rings is 2. The highest BCUT2D eigenvalue weighted by molar-refractivity contribution is 7.21. The summed E-state index contributed by atoms with van der Waals surface area (Å²) in [6.45, 7) is 0. The summed E-state index contributed by atoms with van der Waals surface area (Å²) in [5.74, 6) is 0. The molecule has 0 fully saturated rings. The van der Waals surface area contributed by atoms with Gasteiger partial charge in [0.25, 0.3) is 5.56 Å². The van der Waals surface area contributed by atoms with E-state index < -0.39 is 0 Å². The quantitative estimate of drug-likeness (QED) is 0.517. The van der Waals surface area contributed by atoms with Crippen molar-refractivity contribution in [2.75, 3.05) is 0 Å². The molecule has 0 aliphatic rings. The second-order valence-corrected chi connectivity index (χ2v) is 6.57. The SMILES string of the molecule is Cn1c(=O)cc(-c2nc3cc(Cl)ccc3s2)c2ccccc21. The molecule has 0 aliphatic carbocycles. The van der Waals surface area contributed by atoms with Crippen LogP contribution < -0.4 is 5.56 Å². The number of halogens is 1. The maximum absolute atomic E-state index is 12.2. The second-order valence-electron chi connectivity index (χ2n) is 5.10. The molecule has 2 heterocycles. The van der Waals surface area contributed by atoms with Crippen LogP contribution in [0.5, 0.6) is 0 Å². The van der Waals surface area contributed by atoms with Gasteiger partial charge in [0, 0.05) is 29.1 Å². The number of rotatable bonds is 1. The van der Waals surface area contributed by atoms with Crippen molar-refractivity contribution in [3.63, 3.8) is 0 Å². The number of aryl methyl sites for hydroxylation is 1. The zero-order chi connectivity index (χ0) is 15.3. The van der Waals surface area contributed by atoms with Gasteiger partial charge in [0.2, 0.25) is 0 Å². The molecular formula is C17H11ClN2OS. The highest BCUT2D eigenvalue weighted by Gasteiger charge is 2.12. The average Bonchev–Trinajstić information content (AvgIpc) is 2.93. The van der Waals surface area contributed by atoms with Crippen LogP contribution in [0.3, 0.4) is 0 Å². The van der Waals surface area contributed by atoms with E-state index in [-0.39, 0.29) is 5.56 Å². The molecule has 22 heavy (non-hydrogen) atoms. The Hall–Kier alpha value is -2.17. The Labute approximate surface area is 135 Å². The number of para-hydroxylation sites is 1. The highest BCUT2D eigenvalue weighted by atomic mass is 35.5. The zero-order valence-electron chi connectivity index (χ0n) is 11.7. The van der Waals surface area contributed by atoms with Gasteiger partial charge in [0.05, 0.1) is 15.7 Å². The van der Waals surface area contributed by atoms with Crippen LogP contribution in [-0.2, 0) is 7.05 Å². The van der Waals surface area contributed by atoms with E-state index in [9.17, 15) is 4.79 Å². The number of hydrogen-bond donors (Lipinski definition) is 0. The fraction of sp³-hybridized carbons (Fsp3) is 0.0588. The molecule has 0 aliphatic heterocycles. The standard InChI is InChI=1S/C17H11ClN2OS/c1-20-14-5-3-2-4-11(14)12(9-16(20)21)17-19-13-8-10(18)6-7-15(13)22-17/h2-9H,1H3. The molecule has 2 aromatic carbocycles. The first kappa shape index (κ1) is 13.5. The van der Waals surface area contributed by atoms with Crippen LogP contribution in [0.1, 0.15) is 0 Å². The summed E-state index contributed by atoms with van der Waals surface area (Å²) < 4.78 is 2.72. The van der Waals surface area contributed by atoms with Crippen molar-refractivity contribution in [3.05, 3.63) is 63.9 Å². The minimum absolute atomic E-state index is 0.0361. The predicted molar refractivity (Wildman–Crippen MR) is 92.8 cm³/mol. The molecule has 0 radical (unpaired) electrons. The van der Waals surface area contributed by atoms with Crippen LogP contribution in [0, 0.1) is 0 Å². The molecule has 4 rings (SSSR count). The molecule has 0 saturated carbocycles. The first-order valence-corrected chi connectivity index (χ1v) is 7.98. The lowest BCUT2D eigenvalue weighted by atomic mass is 10.1. The normalized spacial score (nSPS) is 11.4. The van der Waals surface area contributed by atoms with Gasteiger partial charge in [-0.2, -0.15) is 0 Å². The van der Waals surface area contributed by atoms with Crippen molar-refractivity contribution in [2.24, 2.45) is 7.05 Å². The van der Waals surface area contributed by atoms with E-state index in [0.29, 0.717) is 5.02 Å². The number of thiazole rings is 1. The number of hydrogen-bond acceptors (Lipinski definition) is 3. The van der Waals surface area contributed by atoms with Gasteiger partial charge in [0.15, 0.2) is 0 Å². The molecule has 0 saturated heterocycles. The van der Waals surface area contributed by atoms with Crippen LogP contribution in [0.25, 0.3) is 31.7 Å². The summed E-state index contributed by atoms with van der Waals surface area (Å²) in [5, 5.41) is 2.53. The molecule has 0 N–H and O–H groups in total. The Morgan fingerprint density at radius 2 is 1.95 bits per heavy atom. The molecule has 0 unspecified atom stereocenters. The van der Waals surface area contributed by atoms with Crippen LogP contribution in [0.4, 0.5) is 0 Å². The third-order valence-electron chi connectivity index (χ3n) is 3.73. The van der Waals surface area contributed by atoms with Crippen molar-refractivity contribution in [2.45, 2.75) is 0 Å². The van der Waals surface area contributed by atoms with Gasteiger partial charge in [-0.25, -0.2) is 4.98 Å². The highest BCUT2D eigenvalue weighted by Crippen LogP contribution is 2.34. The average molecular weight is 327 g/mol. The summed E-state index contributed by atoms with van der Waals surface area (Å²) in [6, 6.07) is 15.2. The Kier molecular flexibility index (Phi) is 3.03. The molecule has 4 aromatic rings. The molecule has 108 valence electrons. The van der Waals surface area contributed by atoms with E-state index in [1.54, 1.807) is 29.0 Å². The van der Waals surface area contributed by atoms with Crippen LogP contribution in [-0.4, -0.2) is 9.55 Å². The molecule has 2 aromatic heterocycles. The minimum atomic E-state index is -0.0361. The van der Waals surface area contributed by atoms with E-state index in [1.807, 2.05) is 42.5 Å². The zero-order valence-corrected chi connectivity index (χ0v) is 13.3. The van der Waals surface area contributed by atoms with Crippen molar-refractivity contribution in [1.29, 1.82) is 0 Å². The fourth-order valence-electron chi connectivity index (χ4n) is 2.60. The Morgan fingerprint density at radius 1 is 1.14 bits per heavy atom. The predicted octanol–water partition coefficient (Wildman–Crippen LogP) is 4.47. The van der Waals surface area contributed by atoms with Crippen molar-refractivity contribution >= 4 is 44.1 Å². The lowest BCUT2D eigenvalue weighted by Gasteiger charge is -2.07. The van der Waals surface area contributed by atoms with Gasteiger partial charge in [0.1, 0.15) is 5.01 Å². The van der Waals surface area contributed by atoms with E-state index in [1.165, 1.54) is 0 Å². The van der Waals surface area contributed by atoms with Gasteiger partial charge < -0.3 is 4.57 Å². The first-order chi connectivity index (χ1) is 10.6. The van der Waals surface area contributed by atoms with Crippen LogP contribution >= 0.6 is 22.9 Å². The molecule has 5 heteroatoms. The van der Waals surface area contributed by atoms with Gasteiger partial charge in [-0.05, 0) is 24.3 Å². The molecule has 0 bridgehead atoms. The van der Waals surface area contributed by atoms with Crippen LogP contribution in [0.15, 0.2) is 53.3 Å². The summed E-state index contributed by atoms with van der Waals surface area (Å²) in [5.41, 5.74) is 2.60. The van der Waals surface area contributed by atoms with Gasteiger partial charge in [-0.15, -0.1) is 11.3 Å². The minimum Gasteiger partial charge on any atom is -0.311 e. The molecular weight excluding hydrogens is 316 g/mol. The summed E-state index contributed by atoms with van der Waals surface area (Å²) in [4.78, 5) is 16.9. The number of aromatic nitrogens is 2. The summed E-state index contributed by atoms with van der Waals surface area (Å²) in [6.07, 6.45) is 0. The molecule has 3 nitrogen and oxygen atoms in total.